The molecule has 1 N–H and O–H groups in total. The zero-order chi connectivity index (χ0) is 16.9. The minimum Gasteiger partial charge on any atom is -0.312 e. The summed E-state index contributed by atoms with van der Waals surface area (Å²) in [6.45, 7) is 6.08. The van der Waals surface area contributed by atoms with Crippen molar-refractivity contribution in [3.8, 4) is 11.1 Å². The molecule has 2 aromatic carbocycles. The second-order valence-electron chi connectivity index (χ2n) is 6.27. The van der Waals surface area contributed by atoms with Crippen LogP contribution >= 0.6 is 0 Å². The maximum Gasteiger partial charge on any atom is 0.0628 e. The Morgan fingerprint density at radius 3 is 2.42 bits per heavy atom. The maximum absolute atomic E-state index is 4.48. The molecule has 3 nitrogen and oxygen atoms in total. The van der Waals surface area contributed by atoms with Gasteiger partial charge in [0, 0.05) is 19.3 Å². The lowest BCUT2D eigenvalue weighted by atomic mass is 10.0. The van der Waals surface area contributed by atoms with Gasteiger partial charge in [0.2, 0.25) is 0 Å². The molecule has 124 valence electrons. The van der Waals surface area contributed by atoms with Crippen molar-refractivity contribution in [2.45, 2.75) is 26.8 Å². The van der Waals surface area contributed by atoms with Crippen LogP contribution in [0.4, 0.5) is 0 Å². The Labute approximate surface area is 144 Å². The third kappa shape index (κ3) is 3.74. The van der Waals surface area contributed by atoms with Crippen LogP contribution in [-0.2, 0) is 20.0 Å². The van der Waals surface area contributed by atoms with Crippen molar-refractivity contribution in [3.05, 3.63) is 77.1 Å². The van der Waals surface area contributed by atoms with Gasteiger partial charge in [-0.2, -0.15) is 5.10 Å². The van der Waals surface area contributed by atoms with Gasteiger partial charge >= 0.3 is 0 Å². The van der Waals surface area contributed by atoms with E-state index in [1.54, 1.807) is 0 Å². The summed E-state index contributed by atoms with van der Waals surface area (Å²) in [5.41, 5.74) is 7.62. The molecule has 0 amide bonds. The van der Waals surface area contributed by atoms with Gasteiger partial charge in [0.1, 0.15) is 0 Å². The van der Waals surface area contributed by atoms with Gasteiger partial charge in [0.15, 0.2) is 0 Å². The smallest absolute Gasteiger partial charge is 0.0628 e. The normalized spacial score (nSPS) is 11.0. The Morgan fingerprint density at radius 1 is 0.958 bits per heavy atom. The summed E-state index contributed by atoms with van der Waals surface area (Å²) in [5, 5.41) is 8.04. The van der Waals surface area contributed by atoms with E-state index in [0.717, 1.165) is 25.2 Å². The average Bonchev–Trinajstić information content (AvgIpc) is 2.85. The molecule has 0 aliphatic carbocycles. The molecule has 0 radical (unpaired) electrons. The quantitative estimate of drug-likeness (QED) is 0.695. The number of benzene rings is 2. The summed E-state index contributed by atoms with van der Waals surface area (Å²) in [6.07, 6.45) is 1.02. The number of hydrogen-bond donors (Lipinski definition) is 1. The fourth-order valence-corrected chi connectivity index (χ4v) is 3.12. The van der Waals surface area contributed by atoms with Crippen molar-refractivity contribution < 1.29 is 0 Å². The molecule has 1 heterocycles. The molecule has 0 aliphatic heterocycles. The summed E-state index contributed by atoms with van der Waals surface area (Å²) in [4.78, 5) is 0. The Bertz CT molecular complexity index is 803. The molecule has 0 bridgehead atoms. The largest absolute Gasteiger partial charge is 0.312 e. The molecule has 24 heavy (non-hydrogen) atoms. The molecule has 3 heteroatoms. The summed E-state index contributed by atoms with van der Waals surface area (Å²) >= 11 is 0. The first-order valence-corrected chi connectivity index (χ1v) is 8.49. The van der Waals surface area contributed by atoms with Crippen LogP contribution < -0.4 is 5.32 Å². The molecule has 0 saturated carbocycles. The lowest BCUT2D eigenvalue weighted by molar-refractivity contribution is 0.682. The van der Waals surface area contributed by atoms with Crippen LogP contribution in [0.15, 0.2) is 54.6 Å². The predicted molar refractivity (Wildman–Crippen MR) is 100.0 cm³/mol. The molecule has 0 saturated heterocycles. The standard InChI is InChI=1S/C21H25N3/c1-16-21(17(2)24(3)23-16)12-13-22-15-18-8-7-11-20(14-18)19-9-5-4-6-10-19/h4-11,14,22H,12-13,15H2,1-3H3. The van der Waals surface area contributed by atoms with Crippen LogP contribution in [0.5, 0.6) is 0 Å². The second kappa shape index (κ2) is 7.45. The molecule has 0 atom stereocenters. The van der Waals surface area contributed by atoms with Gasteiger partial charge in [-0.3, -0.25) is 4.68 Å². The van der Waals surface area contributed by atoms with Crippen LogP contribution in [0.25, 0.3) is 11.1 Å². The van der Waals surface area contributed by atoms with Crippen molar-refractivity contribution in [1.82, 2.24) is 15.1 Å². The first-order chi connectivity index (χ1) is 11.6. The molecule has 0 fully saturated rings. The average molecular weight is 319 g/mol. The van der Waals surface area contributed by atoms with E-state index in [2.05, 4.69) is 78.9 Å². The lowest BCUT2D eigenvalue weighted by Gasteiger charge is -2.08. The molecular formula is C21H25N3. The lowest BCUT2D eigenvalue weighted by Crippen LogP contribution is -2.17. The number of nitrogens with zero attached hydrogens (tertiary/aromatic N) is 2. The van der Waals surface area contributed by atoms with E-state index in [0.29, 0.717) is 0 Å². The van der Waals surface area contributed by atoms with Crippen molar-refractivity contribution in [2.75, 3.05) is 6.54 Å². The fraction of sp³-hybridized carbons (Fsp3) is 0.286. The summed E-state index contributed by atoms with van der Waals surface area (Å²) in [7, 11) is 2.01. The Kier molecular flexibility index (Phi) is 5.11. The highest BCUT2D eigenvalue weighted by Gasteiger charge is 2.08. The Hall–Kier alpha value is -2.39. The van der Waals surface area contributed by atoms with E-state index in [9.17, 15) is 0 Å². The van der Waals surface area contributed by atoms with Gasteiger partial charge in [-0.1, -0.05) is 48.5 Å². The summed E-state index contributed by atoms with van der Waals surface area (Å²) < 4.78 is 1.97. The van der Waals surface area contributed by atoms with E-state index in [4.69, 9.17) is 0 Å². The molecule has 1 aromatic heterocycles. The zero-order valence-electron chi connectivity index (χ0n) is 14.7. The highest BCUT2D eigenvalue weighted by atomic mass is 15.3. The summed E-state index contributed by atoms with van der Waals surface area (Å²) in [5.74, 6) is 0. The van der Waals surface area contributed by atoms with Crippen LogP contribution in [0, 0.1) is 13.8 Å². The Balaban J connectivity index is 1.57. The van der Waals surface area contributed by atoms with Gasteiger partial charge in [-0.05, 0) is 55.1 Å². The zero-order valence-corrected chi connectivity index (χ0v) is 14.7. The predicted octanol–water partition coefficient (Wildman–Crippen LogP) is 4.04. The third-order valence-corrected chi connectivity index (χ3v) is 4.57. The van der Waals surface area contributed by atoms with Crippen molar-refractivity contribution in [3.63, 3.8) is 0 Å². The van der Waals surface area contributed by atoms with Gasteiger partial charge in [-0.25, -0.2) is 0 Å². The van der Waals surface area contributed by atoms with E-state index >= 15 is 0 Å². The van der Waals surface area contributed by atoms with Crippen LogP contribution in [0.1, 0.15) is 22.5 Å². The maximum atomic E-state index is 4.48. The first-order valence-electron chi connectivity index (χ1n) is 8.49. The molecule has 0 spiro atoms. The monoisotopic (exact) mass is 319 g/mol. The topological polar surface area (TPSA) is 29.9 Å². The van der Waals surface area contributed by atoms with Gasteiger partial charge in [-0.15, -0.1) is 0 Å². The molecule has 3 rings (SSSR count). The first kappa shape index (κ1) is 16.5. The minimum atomic E-state index is 0.888. The van der Waals surface area contributed by atoms with E-state index in [1.807, 2.05) is 11.7 Å². The highest BCUT2D eigenvalue weighted by molar-refractivity contribution is 5.63. The van der Waals surface area contributed by atoms with Crippen LogP contribution in [0.3, 0.4) is 0 Å². The SMILES string of the molecule is Cc1nn(C)c(C)c1CCNCc1cccc(-c2ccccc2)c1. The van der Waals surface area contributed by atoms with E-state index < -0.39 is 0 Å². The second-order valence-corrected chi connectivity index (χ2v) is 6.27. The third-order valence-electron chi connectivity index (χ3n) is 4.57. The van der Waals surface area contributed by atoms with Gasteiger partial charge in [0.05, 0.1) is 5.69 Å². The van der Waals surface area contributed by atoms with Crippen LogP contribution in [0.2, 0.25) is 0 Å². The van der Waals surface area contributed by atoms with Gasteiger partial charge < -0.3 is 5.32 Å². The molecule has 3 aromatic rings. The minimum absolute atomic E-state index is 0.888. The van der Waals surface area contributed by atoms with Crippen molar-refractivity contribution >= 4 is 0 Å². The molecular weight excluding hydrogens is 294 g/mol. The number of rotatable bonds is 6. The van der Waals surface area contributed by atoms with E-state index in [1.165, 1.54) is 27.9 Å². The van der Waals surface area contributed by atoms with Crippen molar-refractivity contribution in [1.29, 1.82) is 0 Å². The van der Waals surface area contributed by atoms with E-state index in [-0.39, 0.29) is 0 Å². The fourth-order valence-electron chi connectivity index (χ4n) is 3.12. The highest BCUT2D eigenvalue weighted by Crippen LogP contribution is 2.20. The van der Waals surface area contributed by atoms with Crippen molar-refractivity contribution in [2.24, 2.45) is 7.05 Å². The number of nitrogens with one attached hydrogen (secondary N) is 1. The van der Waals surface area contributed by atoms with Gasteiger partial charge in [0.25, 0.3) is 0 Å². The number of hydrogen-bond acceptors (Lipinski definition) is 2. The Morgan fingerprint density at radius 2 is 1.71 bits per heavy atom. The summed E-state index contributed by atoms with van der Waals surface area (Å²) in [6, 6.07) is 19.3. The molecule has 0 aliphatic rings. The van der Waals surface area contributed by atoms with Crippen LogP contribution in [-0.4, -0.2) is 16.3 Å². The number of aryl methyl sites for hydroxylation is 2. The number of aromatic nitrogens is 2. The molecule has 0 unspecified atom stereocenters.